The normalized spacial score (nSPS) is 21.8. The van der Waals surface area contributed by atoms with Crippen molar-refractivity contribution in [1.82, 2.24) is 14.7 Å². The first kappa shape index (κ1) is 19.1. The van der Waals surface area contributed by atoms with Crippen molar-refractivity contribution < 1.29 is 19.2 Å². The second-order valence-electron chi connectivity index (χ2n) is 7.53. The number of ketones is 1. The highest BCUT2D eigenvalue weighted by atomic mass is 16.2. The number of carbonyl (C=O) groups is 4. The molecule has 2 bridgehead atoms. The number of Topliss-reactive ketones (excluding diaryl/α,β-unsaturated/α-hetero) is 1. The van der Waals surface area contributed by atoms with Gasteiger partial charge in [-0.05, 0) is 31.9 Å². The van der Waals surface area contributed by atoms with Crippen LogP contribution in [0.4, 0.5) is 0 Å². The summed E-state index contributed by atoms with van der Waals surface area (Å²) in [6.07, 6.45) is 1.52. The smallest absolute Gasteiger partial charge is 0.253 e. The molecule has 7 nitrogen and oxygen atoms in total. The fourth-order valence-corrected chi connectivity index (χ4v) is 3.76. The molecule has 27 heavy (non-hydrogen) atoms. The fourth-order valence-electron chi connectivity index (χ4n) is 3.76. The molecule has 3 aliphatic rings. The highest BCUT2D eigenvalue weighted by molar-refractivity contribution is 6.00. The molecule has 144 valence electrons. The maximum atomic E-state index is 13.0. The topological polar surface area (TPSA) is 78.0 Å². The van der Waals surface area contributed by atoms with Gasteiger partial charge in [0.05, 0.1) is 5.92 Å². The minimum Gasteiger partial charge on any atom is -0.347 e. The van der Waals surface area contributed by atoms with Crippen LogP contribution in [0.15, 0.2) is 24.3 Å². The van der Waals surface area contributed by atoms with Gasteiger partial charge in [0.1, 0.15) is 6.54 Å². The maximum absolute atomic E-state index is 13.0. The van der Waals surface area contributed by atoms with Gasteiger partial charge < -0.3 is 14.7 Å². The highest BCUT2D eigenvalue weighted by Gasteiger charge is 2.42. The molecule has 3 fully saturated rings. The Morgan fingerprint density at radius 3 is 2.48 bits per heavy atom. The predicted octanol–water partition coefficient (Wildman–Crippen LogP) is 1.04. The van der Waals surface area contributed by atoms with Crippen LogP contribution in [-0.4, -0.2) is 78.0 Å². The molecule has 0 aliphatic carbocycles. The summed E-state index contributed by atoms with van der Waals surface area (Å²) in [5.74, 6) is -0.719. The molecule has 3 saturated heterocycles. The maximum Gasteiger partial charge on any atom is 0.253 e. The second kappa shape index (κ2) is 7.50. The van der Waals surface area contributed by atoms with E-state index in [1.54, 1.807) is 48.2 Å². The van der Waals surface area contributed by atoms with Crippen LogP contribution >= 0.6 is 0 Å². The highest BCUT2D eigenvalue weighted by Crippen LogP contribution is 2.30. The summed E-state index contributed by atoms with van der Waals surface area (Å²) in [5, 5.41) is 0. The zero-order valence-electron chi connectivity index (χ0n) is 16.0. The first-order valence-electron chi connectivity index (χ1n) is 9.19. The minimum absolute atomic E-state index is 0.0470. The van der Waals surface area contributed by atoms with Crippen LogP contribution in [0, 0.1) is 5.92 Å². The van der Waals surface area contributed by atoms with E-state index in [-0.39, 0.29) is 42.0 Å². The molecule has 0 aromatic heterocycles. The number of likely N-dealkylation sites (N-methyl/N-ethyl adjacent to an activating group) is 1. The van der Waals surface area contributed by atoms with Gasteiger partial charge in [-0.15, -0.1) is 0 Å². The Morgan fingerprint density at radius 2 is 1.81 bits per heavy atom. The van der Waals surface area contributed by atoms with Crippen molar-refractivity contribution in [3.63, 3.8) is 0 Å². The molecular weight excluding hydrogens is 346 g/mol. The first-order valence-corrected chi connectivity index (χ1v) is 9.19. The van der Waals surface area contributed by atoms with Crippen molar-refractivity contribution in [2.45, 2.75) is 25.8 Å². The van der Waals surface area contributed by atoms with Gasteiger partial charge in [0.2, 0.25) is 11.8 Å². The first-order chi connectivity index (χ1) is 12.8. The Balaban J connectivity index is 1.81. The van der Waals surface area contributed by atoms with E-state index in [0.717, 1.165) is 12.8 Å². The summed E-state index contributed by atoms with van der Waals surface area (Å²) in [6, 6.07) is 6.52. The van der Waals surface area contributed by atoms with Crippen molar-refractivity contribution in [1.29, 1.82) is 0 Å². The van der Waals surface area contributed by atoms with E-state index in [1.807, 2.05) is 0 Å². The zero-order valence-corrected chi connectivity index (χ0v) is 16.0. The minimum atomic E-state index is -0.279. The van der Waals surface area contributed by atoms with Gasteiger partial charge in [-0.25, -0.2) is 0 Å². The molecule has 0 spiro atoms. The van der Waals surface area contributed by atoms with E-state index in [0.29, 0.717) is 24.2 Å². The monoisotopic (exact) mass is 371 g/mol. The summed E-state index contributed by atoms with van der Waals surface area (Å²) in [6.45, 7) is 2.28. The van der Waals surface area contributed by atoms with E-state index in [1.165, 1.54) is 11.8 Å². The number of hydrogen-bond acceptors (Lipinski definition) is 4. The number of benzene rings is 1. The van der Waals surface area contributed by atoms with Gasteiger partial charge in [-0.2, -0.15) is 0 Å². The predicted molar refractivity (Wildman–Crippen MR) is 99.3 cm³/mol. The van der Waals surface area contributed by atoms with Crippen LogP contribution in [-0.2, 0) is 9.59 Å². The molecular formula is C20H25N3O4. The van der Waals surface area contributed by atoms with E-state index in [2.05, 4.69) is 0 Å². The Morgan fingerprint density at radius 1 is 1.11 bits per heavy atom. The van der Waals surface area contributed by atoms with Crippen LogP contribution in [0.25, 0.3) is 0 Å². The summed E-state index contributed by atoms with van der Waals surface area (Å²) >= 11 is 0. The molecule has 2 atom stereocenters. The fraction of sp³-hybridized carbons (Fsp3) is 0.500. The number of piperidine rings is 1. The van der Waals surface area contributed by atoms with Gasteiger partial charge in [0.15, 0.2) is 5.78 Å². The van der Waals surface area contributed by atoms with Gasteiger partial charge in [-0.1, -0.05) is 12.1 Å². The third-order valence-electron chi connectivity index (χ3n) is 5.40. The number of nitrogens with zero attached hydrogens (tertiary/aromatic N) is 3. The van der Waals surface area contributed by atoms with Crippen LogP contribution in [0.1, 0.15) is 40.5 Å². The van der Waals surface area contributed by atoms with Gasteiger partial charge in [0.25, 0.3) is 5.91 Å². The lowest BCUT2D eigenvalue weighted by molar-refractivity contribution is -0.145. The van der Waals surface area contributed by atoms with E-state index >= 15 is 0 Å². The summed E-state index contributed by atoms with van der Waals surface area (Å²) in [7, 11) is 3.33. The van der Waals surface area contributed by atoms with Crippen LogP contribution in [0.5, 0.6) is 0 Å². The van der Waals surface area contributed by atoms with Crippen molar-refractivity contribution >= 4 is 23.5 Å². The van der Waals surface area contributed by atoms with Crippen molar-refractivity contribution in [3.05, 3.63) is 35.4 Å². The summed E-state index contributed by atoms with van der Waals surface area (Å²) < 4.78 is 0. The molecule has 7 heteroatoms. The molecule has 1 aromatic rings. The molecule has 3 aliphatic heterocycles. The molecule has 4 rings (SSSR count). The average molecular weight is 371 g/mol. The molecule has 0 unspecified atom stereocenters. The number of hydrogen-bond donors (Lipinski definition) is 0. The van der Waals surface area contributed by atoms with E-state index < -0.39 is 0 Å². The molecule has 1 aromatic carbocycles. The quantitative estimate of drug-likeness (QED) is 0.741. The lowest BCUT2D eigenvalue weighted by atomic mass is 9.94. The largest absolute Gasteiger partial charge is 0.347 e. The zero-order chi connectivity index (χ0) is 19.7. The van der Waals surface area contributed by atoms with Crippen molar-refractivity contribution in [3.8, 4) is 0 Å². The summed E-state index contributed by atoms with van der Waals surface area (Å²) in [4.78, 5) is 54.3. The Hall–Kier alpha value is -2.70. The van der Waals surface area contributed by atoms with Crippen molar-refractivity contribution in [2.24, 2.45) is 5.92 Å². The summed E-state index contributed by atoms with van der Waals surface area (Å²) in [5.41, 5.74) is 0.945. The second-order valence-corrected chi connectivity index (χ2v) is 7.53. The van der Waals surface area contributed by atoms with Gasteiger partial charge in [-0.3, -0.25) is 19.2 Å². The number of amides is 3. The Labute approximate surface area is 158 Å². The van der Waals surface area contributed by atoms with Crippen LogP contribution < -0.4 is 0 Å². The van der Waals surface area contributed by atoms with Crippen molar-refractivity contribution in [2.75, 3.05) is 33.7 Å². The van der Waals surface area contributed by atoms with Gasteiger partial charge >= 0.3 is 0 Å². The number of carbonyl (C=O) groups excluding carboxylic acids is 4. The van der Waals surface area contributed by atoms with Gasteiger partial charge in [0, 0.05) is 44.4 Å². The lowest BCUT2D eigenvalue weighted by Gasteiger charge is -2.35. The van der Waals surface area contributed by atoms with E-state index in [4.69, 9.17) is 0 Å². The Bertz CT molecular complexity index is 789. The molecule has 3 amide bonds. The molecule has 3 heterocycles. The third kappa shape index (κ3) is 3.86. The molecule has 0 radical (unpaired) electrons. The molecule has 0 saturated carbocycles. The molecule has 0 N–H and O–H groups in total. The average Bonchev–Trinajstić information content (AvgIpc) is 2.93. The third-order valence-corrected chi connectivity index (χ3v) is 5.40. The standard InChI is InChI=1S/C20H25N3O4/c1-13(24)14-5-4-6-15(9-14)19(26)22-10-16-7-8-17(11-22)23(20(16)27)12-18(25)21(2)3/h4-6,9,16-17H,7-8,10-12H2,1-3H3/t16-,17+/m1/s1. The Kier molecular flexibility index (Phi) is 5.30. The van der Waals surface area contributed by atoms with E-state index in [9.17, 15) is 19.2 Å². The SMILES string of the molecule is CC(=O)c1cccc(C(=O)N2C[C@H]3CC[C@@H](C2)N(CC(=O)N(C)C)C3=O)c1. The van der Waals surface area contributed by atoms with Crippen LogP contribution in [0.3, 0.4) is 0 Å². The lowest BCUT2D eigenvalue weighted by Crippen LogP contribution is -2.51. The number of fused-ring (bicyclic) bond motifs is 4. The number of rotatable bonds is 4. The van der Waals surface area contributed by atoms with Crippen LogP contribution in [0.2, 0.25) is 0 Å².